The Hall–Kier alpha value is -2.72. The van der Waals surface area contributed by atoms with Crippen molar-refractivity contribution in [2.24, 2.45) is 14.1 Å². The zero-order valence-corrected chi connectivity index (χ0v) is 14.5. The van der Waals surface area contributed by atoms with Crippen molar-refractivity contribution in [3.05, 3.63) is 57.1 Å². The first-order valence-corrected chi connectivity index (χ1v) is 8.98. The largest absolute Gasteiger partial charge is 0.342 e. The van der Waals surface area contributed by atoms with E-state index in [0.717, 1.165) is 26.4 Å². The van der Waals surface area contributed by atoms with E-state index in [2.05, 4.69) is 14.7 Å². The van der Waals surface area contributed by atoms with Gasteiger partial charge in [0.25, 0.3) is 5.56 Å². The predicted molar refractivity (Wildman–Crippen MR) is 91.9 cm³/mol. The normalized spacial score (nSPS) is 11.9. The molecule has 25 heavy (non-hydrogen) atoms. The highest BCUT2D eigenvalue weighted by atomic mass is 32.2. The lowest BCUT2D eigenvalue weighted by atomic mass is 10.3. The molecule has 0 aliphatic rings. The SMILES string of the molecule is Cn1cc(S(=O)(=O)NCCc2nc3ccccc3[nH]2)c(=O)n(C)c1=O. The Kier molecular flexibility index (Phi) is 4.31. The quantitative estimate of drug-likeness (QED) is 0.632. The van der Waals surface area contributed by atoms with Crippen molar-refractivity contribution in [1.29, 1.82) is 0 Å². The summed E-state index contributed by atoms with van der Waals surface area (Å²) in [5, 5.41) is 0. The third-order valence-electron chi connectivity index (χ3n) is 3.80. The van der Waals surface area contributed by atoms with Gasteiger partial charge in [0.15, 0.2) is 4.90 Å². The molecule has 0 aliphatic carbocycles. The molecule has 1 aromatic carbocycles. The number of aromatic amines is 1. The Morgan fingerprint density at radius 1 is 1.20 bits per heavy atom. The fourth-order valence-corrected chi connectivity index (χ4v) is 3.65. The number of rotatable bonds is 5. The minimum atomic E-state index is -4.04. The minimum Gasteiger partial charge on any atom is -0.342 e. The van der Waals surface area contributed by atoms with E-state index in [9.17, 15) is 18.0 Å². The van der Waals surface area contributed by atoms with E-state index in [1.54, 1.807) is 0 Å². The number of H-pyrrole nitrogens is 1. The van der Waals surface area contributed by atoms with E-state index >= 15 is 0 Å². The molecule has 2 N–H and O–H groups in total. The Bertz CT molecular complexity index is 1120. The molecule has 9 nitrogen and oxygen atoms in total. The van der Waals surface area contributed by atoms with Crippen LogP contribution in [0.15, 0.2) is 44.9 Å². The number of sulfonamides is 1. The average molecular weight is 363 g/mol. The number of para-hydroxylation sites is 2. The van der Waals surface area contributed by atoms with Gasteiger partial charge in [-0.05, 0) is 12.1 Å². The molecule has 0 amide bonds. The van der Waals surface area contributed by atoms with Gasteiger partial charge in [-0.3, -0.25) is 9.36 Å². The molecule has 3 aromatic rings. The van der Waals surface area contributed by atoms with Gasteiger partial charge < -0.3 is 9.55 Å². The van der Waals surface area contributed by atoms with Gasteiger partial charge in [-0.15, -0.1) is 0 Å². The molecule has 0 unspecified atom stereocenters. The highest BCUT2D eigenvalue weighted by Crippen LogP contribution is 2.10. The second-order valence-corrected chi connectivity index (χ2v) is 7.33. The van der Waals surface area contributed by atoms with Gasteiger partial charge in [0.1, 0.15) is 5.82 Å². The summed E-state index contributed by atoms with van der Waals surface area (Å²) >= 11 is 0. The first-order chi connectivity index (χ1) is 11.8. The van der Waals surface area contributed by atoms with Crippen molar-refractivity contribution in [2.45, 2.75) is 11.3 Å². The molecule has 2 aromatic heterocycles. The molecule has 0 aliphatic heterocycles. The van der Waals surface area contributed by atoms with Crippen LogP contribution in [0, 0.1) is 0 Å². The average Bonchev–Trinajstić information content (AvgIpc) is 2.98. The molecular formula is C15H17N5O4S. The highest BCUT2D eigenvalue weighted by molar-refractivity contribution is 7.89. The van der Waals surface area contributed by atoms with E-state index in [1.807, 2.05) is 24.3 Å². The molecule has 10 heteroatoms. The lowest BCUT2D eigenvalue weighted by Gasteiger charge is -2.08. The van der Waals surface area contributed by atoms with Gasteiger partial charge in [-0.2, -0.15) is 0 Å². The van der Waals surface area contributed by atoms with E-state index in [0.29, 0.717) is 12.2 Å². The van der Waals surface area contributed by atoms with Crippen molar-refractivity contribution in [3.63, 3.8) is 0 Å². The number of aromatic nitrogens is 4. The van der Waals surface area contributed by atoms with Crippen LogP contribution in [0.3, 0.4) is 0 Å². The lowest BCUT2D eigenvalue weighted by molar-refractivity contribution is 0.570. The van der Waals surface area contributed by atoms with E-state index < -0.39 is 26.2 Å². The van der Waals surface area contributed by atoms with Crippen molar-refractivity contribution in [1.82, 2.24) is 23.8 Å². The highest BCUT2D eigenvalue weighted by Gasteiger charge is 2.21. The number of nitrogens with one attached hydrogen (secondary N) is 2. The summed E-state index contributed by atoms with van der Waals surface area (Å²) in [6.45, 7) is 0.0636. The second kappa shape index (κ2) is 6.30. The van der Waals surface area contributed by atoms with Crippen LogP contribution in [0.25, 0.3) is 11.0 Å². The summed E-state index contributed by atoms with van der Waals surface area (Å²) in [6.07, 6.45) is 1.36. The van der Waals surface area contributed by atoms with Gasteiger partial charge in [0.2, 0.25) is 10.0 Å². The molecule has 0 saturated heterocycles. The van der Waals surface area contributed by atoms with Crippen molar-refractivity contribution in [2.75, 3.05) is 6.54 Å². The number of fused-ring (bicyclic) bond motifs is 1. The van der Waals surface area contributed by atoms with Crippen molar-refractivity contribution >= 4 is 21.1 Å². The van der Waals surface area contributed by atoms with E-state index in [-0.39, 0.29) is 6.54 Å². The fourth-order valence-electron chi connectivity index (χ4n) is 2.46. The van der Waals surface area contributed by atoms with Gasteiger partial charge in [0.05, 0.1) is 11.0 Å². The number of hydrogen-bond acceptors (Lipinski definition) is 5. The third-order valence-corrected chi connectivity index (χ3v) is 5.24. The smallest absolute Gasteiger partial charge is 0.330 e. The standard InChI is InChI=1S/C15H17N5O4S/c1-19-9-12(14(21)20(2)15(19)22)25(23,24)16-8-7-13-17-10-5-3-4-6-11(10)18-13/h3-6,9,16H,7-8H2,1-2H3,(H,17,18). The zero-order chi connectivity index (χ0) is 18.2. The summed E-state index contributed by atoms with van der Waals surface area (Å²) in [6, 6.07) is 7.48. The van der Waals surface area contributed by atoms with Gasteiger partial charge in [-0.25, -0.2) is 22.9 Å². The summed E-state index contributed by atoms with van der Waals surface area (Å²) in [4.78, 5) is 30.7. The van der Waals surface area contributed by atoms with Crippen LogP contribution < -0.4 is 16.0 Å². The topological polar surface area (TPSA) is 119 Å². The fraction of sp³-hybridized carbons (Fsp3) is 0.267. The molecule has 0 bridgehead atoms. The minimum absolute atomic E-state index is 0.0636. The van der Waals surface area contributed by atoms with Gasteiger partial charge in [-0.1, -0.05) is 12.1 Å². The number of aryl methyl sites for hydroxylation is 1. The molecule has 0 radical (unpaired) electrons. The maximum Gasteiger partial charge on any atom is 0.330 e. The summed E-state index contributed by atoms with van der Waals surface area (Å²) in [5.74, 6) is 0.636. The maximum atomic E-state index is 12.4. The molecule has 0 fully saturated rings. The monoisotopic (exact) mass is 363 g/mol. The summed E-state index contributed by atoms with van der Waals surface area (Å²) in [5.41, 5.74) is 0.213. The van der Waals surface area contributed by atoms with Crippen LogP contribution in [0.2, 0.25) is 0 Å². The Labute approximate surface area is 143 Å². The Morgan fingerprint density at radius 2 is 1.92 bits per heavy atom. The molecule has 0 atom stereocenters. The molecule has 2 heterocycles. The van der Waals surface area contributed by atoms with Crippen LogP contribution in [0.5, 0.6) is 0 Å². The van der Waals surface area contributed by atoms with Crippen LogP contribution in [-0.4, -0.2) is 34.1 Å². The van der Waals surface area contributed by atoms with Gasteiger partial charge in [0, 0.05) is 33.3 Å². The lowest BCUT2D eigenvalue weighted by Crippen LogP contribution is -2.41. The predicted octanol–water partition coefficient (Wildman–Crippen LogP) is -0.519. The van der Waals surface area contributed by atoms with Crippen LogP contribution in [0.1, 0.15) is 5.82 Å². The first-order valence-electron chi connectivity index (χ1n) is 7.49. The molecule has 3 rings (SSSR count). The van der Waals surface area contributed by atoms with Crippen LogP contribution in [-0.2, 0) is 30.5 Å². The van der Waals surface area contributed by atoms with Crippen molar-refractivity contribution in [3.8, 4) is 0 Å². The van der Waals surface area contributed by atoms with Crippen LogP contribution in [0.4, 0.5) is 0 Å². The zero-order valence-electron chi connectivity index (χ0n) is 13.7. The van der Waals surface area contributed by atoms with E-state index in [4.69, 9.17) is 0 Å². The number of benzene rings is 1. The number of imidazole rings is 1. The number of hydrogen-bond donors (Lipinski definition) is 2. The van der Waals surface area contributed by atoms with Gasteiger partial charge >= 0.3 is 5.69 Å². The first kappa shape index (κ1) is 17.1. The summed E-state index contributed by atoms with van der Waals surface area (Å²) in [7, 11) is -1.42. The van der Waals surface area contributed by atoms with E-state index in [1.165, 1.54) is 14.1 Å². The van der Waals surface area contributed by atoms with Crippen molar-refractivity contribution < 1.29 is 8.42 Å². The number of nitrogens with zero attached hydrogens (tertiary/aromatic N) is 3. The Balaban J connectivity index is 1.78. The third kappa shape index (κ3) is 3.26. The molecule has 0 spiro atoms. The molecule has 132 valence electrons. The summed E-state index contributed by atoms with van der Waals surface area (Å²) < 4.78 is 28.9. The molecular weight excluding hydrogens is 346 g/mol. The molecule has 0 saturated carbocycles. The maximum absolute atomic E-state index is 12.4. The Morgan fingerprint density at radius 3 is 2.64 bits per heavy atom. The second-order valence-electron chi connectivity index (χ2n) is 5.60. The van der Waals surface area contributed by atoms with Crippen LogP contribution >= 0.6 is 0 Å².